The van der Waals surface area contributed by atoms with Crippen LogP contribution in [0.15, 0.2) is 71.4 Å². The number of phenolic OH excluding ortho intramolecular Hbond substituents is 1. The van der Waals surface area contributed by atoms with E-state index in [4.69, 9.17) is 51.1 Å². The Morgan fingerprint density at radius 3 is 2.21 bits per heavy atom. The summed E-state index contributed by atoms with van der Waals surface area (Å²) in [5.74, 6) is -2.24. The molecule has 1 aliphatic rings. The summed E-state index contributed by atoms with van der Waals surface area (Å²) >= 11 is 23.9. The summed E-state index contributed by atoms with van der Waals surface area (Å²) in [5, 5.41) is 12.7. The molecule has 34 heavy (non-hydrogen) atoms. The summed E-state index contributed by atoms with van der Waals surface area (Å²) in [6.45, 7) is 0. The number of nitrogens with one attached hydrogen (secondary N) is 1. The third-order valence-electron chi connectivity index (χ3n) is 4.70. The molecule has 3 aromatic carbocycles. The van der Waals surface area contributed by atoms with Gasteiger partial charge >= 0.3 is 5.97 Å². The number of hydrogen-bond acceptors (Lipinski definition) is 6. The second kappa shape index (κ2) is 9.56. The van der Waals surface area contributed by atoms with E-state index in [-0.39, 0.29) is 43.5 Å². The first-order chi connectivity index (χ1) is 16.2. The number of hydrogen-bond donors (Lipinski definition) is 2. The van der Waals surface area contributed by atoms with Crippen molar-refractivity contribution in [3.8, 4) is 11.5 Å². The highest BCUT2D eigenvalue weighted by atomic mass is 35.5. The Bertz CT molecular complexity index is 1370. The topological polar surface area (TPSA) is 95.9 Å². The summed E-state index contributed by atoms with van der Waals surface area (Å²) in [5.41, 5.74) is 0.578. The van der Waals surface area contributed by atoms with Gasteiger partial charge in [0, 0.05) is 16.8 Å². The van der Waals surface area contributed by atoms with Gasteiger partial charge in [-0.25, -0.2) is 9.69 Å². The van der Waals surface area contributed by atoms with Gasteiger partial charge in [-0.05, 0) is 54.6 Å². The molecule has 0 aromatic heterocycles. The quantitative estimate of drug-likeness (QED) is 0.235. The van der Waals surface area contributed by atoms with Crippen molar-refractivity contribution in [3.05, 3.63) is 92.0 Å². The van der Waals surface area contributed by atoms with Crippen molar-refractivity contribution in [2.75, 3.05) is 10.2 Å². The van der Waals surface area contributed by atoms with Crippen molar-refractivity contribution >= 4 is 75.6 Å². The average Bonchev–Trinajstić information content (AvgIpc) is 3.00. The van der Waals surface area contributed by atoms with Crippen LogP contribution < -0.4 is 15.0 Å². The van der Waals surface area contributed by atoms with Crippen LogP contribution >= 0.6 is 46.4 Å². The van der Waals surface area contributed by atoms with E-state index in [0.717, 1.165) is 4.90 Å². The number of carbonyl (C=O) groups excluding carboxylic acids is 3. The summed E-state index contributed by atoms with van der Waals surface area (Å²) in [7, 11) is 0. The van der Waals surface area contributed by atoms with Gasteiger partial charge in [-0.3, -0.25) is 9.59 Å². The number of benzene rings is 3. The first-order valence-electron chi connectivity index (χ1n) is 9.47. The van der Waals surface area contributed by atoms with Gasteiger partial charge in [0.1, 0.15) is 22.2 Å². The first kappa shape index (κ1) is 23.9. The lowest BCUT2D eigenvalue weighted by atomic mass is 10.2. The van der Waals surface area contributed by atoms with Crippen LogP contribution in [0, 0.1) is 0 Å². The van der Waals surface area contributed by atoms with Gasteiger partial charge in [-0.15, -0.1) is 0 Å². The molecule has 1 aliphatic heterocycles. The monoisotopic (exact) mass is 536 g/mol. The number of esters is 1. The van der Waals surface area contributed by atoms with Gasteiger partial charge < -0.3 is 15.2 Å². The van der Waals surface area contributed by atoms with E-state index in [0.29, 0.717) is 10.7 Å². The van der Waals surface area contributed by atoms with Crippen molar-refractivity contribution in [1.82, 2.24) is 0 Å². The molecule has 7 nitrogen and oxygen atoms in total. The minimum absolute atomic E-state index is 0.108. The predicted octanol–water partition coefficient (Wildman–Crippen LogP) is 6.01. The molecule has 1 heterocycles. The summed E-state index contributed by atoms with van der Waals surface area (Å²) in [4.78, 5) is 38.7. The molecule has 11 heteroatoms. The highest BCUT2D eigenvalue weighted by molar-refractivity contribution is 6.54. The smallest absolute Gasteiger partial charge is 0.343 e. The van der Waals surface area contributed by atoms with Crippen LogP contribution in [-0.4, -0.2) is 22.9 Å². The second-order valence-corrected chi connectivity index (χ2v) is 8.56. The number of imide groups is 1. The second-order valence-electron chi connectivity index (χ2n) is 6.94. The van der Waals surface area contributed by atoms with Crippen LogP contribution in [0.2, 0.25) is 15.1 Å². The van der Waals surface area contributed by atoms with Crippen LogP contribution in [0.3, 0.4) is 0 Å². The third-order valence-corrected chi connectivity index (χ3v) is 5.90. The fourth-order valence-electron chi connectivity index (χ4n) is 3.05. The van der Waals surface area contributed by atoms with Crippen LogP contribution in [0.5, 0.6) is 11.5 Å². The molecule has 0 atom stereocenters. The number of nitrogens with zero attached hydrogens (tertiary/aromatic N) is 1. The summed E-state index contributed by atoms with van der Waals surface area (Å²) in [6, 6.07) is 14.3. The van der Waals surface area contributed by atoms with Crippen molar-refractivity contribution in [3.63, 3.8) is 0 Å². The number of aromatic hydroxyl groups is 1. The van der Waals surface area contributed by atoms with Crippen molar-refractivity contribution in [2.24, 2.45) is 0 Å². The van der Waals surface area contributed by atoms with Crippen molar-refractivity contribution in [2.45, 2.75) is 0 Å². The fourth-order valence-corrected chi connectivity index (χ4v) is 3.87. The SMILES string of the molecule is O=C(Oc1ccc(Cl)c(O)c1)c1ccc(NC2=C(Cl)C(=O)N(c3ccc(Cl)cc3Cl)C2=O)cc1. The van der Waals surface area contributed by atoms with E-state index in [9.17, 15) is 19.5 Å². The van der Waals surface area contributed by atoms with E-state index in [1.807, 2.05) is 0 Å². The normalized spacial score (nSPS) is 13.5. The number of anilines is 2. The van der Waals surface area contributed by atoms with E-state index >= 15 is 0 Å². The maximum atomic E-state index is 12.9. The summed E-state index contributed by atoms with van der Waals surface area (Å²) < 4.78 is 5.20. The van der Waals surface area contributed by atoms with E-state index in [2.05, 4.69) is 5.32 Å². The fraction of sp³-hybridized carbons (Fsp3) is 0. The zero-order valence-electron chi connectivity index (χ0n) is 16.8. The molecule has 172 valence electrons. The lowest BCUT2D eigenvalue weighted by Crippen LogP contribution is -2.32. The van der Waals surface area contributed by atoms with Crippen LogP contribution in [0.1, 0.15) is 10.4 Å². The standard InChI is InChI=1S/C23H12Cl4N2O5/c24-12-3-8-17(16(26)9-12)29-21(31)19(27)20(22(29)32)28-13-4-1-11(2-5-13)23(33)34-14-6-7-15(25)18(30)10-14/h1-10,28,30H. The van der Waals surface area contributed by atoms with Crippen LogP contribution in [-0.2, 0) is 9.59 Å². The number of rotatable bonds is 5. The molecule has 0 saturated heterocycles. The zero-order valence-corrected chi connectivity index (χ0v) is 19.8. The Morgan fingerprint density at radius 2 is 1.56 bits per heavy atom. The van der Waals surface area contributed by atoms with E-state index < -0.39 is 17.8 Å². The molecule has 4 rings (SSSR count). The molecule has 0 fully saturated rings. The molecule has 0 spiro atoms. The first-order valence-corrected chi connectivity index (χ1v) is 11.0. The average molecular weight is 538 g/mol. The van der Waals surface area contributed by atoms with Gasteiger partial charge in [0.15, 0.2) is 0 Å². The van der Waals surface area contributed by atoms with Gasteiger partial charge in [0.25, 0.3) is 11.8 Å². The van der Waals surface area contributed by atoms with E-state index in [1.54, 1.807) is 0 Å². The lowest BCUT2D eigenvalue weighted by molar-refractivity contribution is -0.120. The number of halogens is 4. The molecular formula is C23H12Cl4N2O5. The minimum Gasteiger partial charge on any atom is -0.506 e. The van der Waals surface area contributed by atoms with E-state index in [1.165, 1.54) is 60.7 Å². The molecule has 0 saturated carbocycles. The van der Waals surface area contributed by atoms with Gasteiger partial charge in [0.2, 0.25) is 0 Å². The van der Waals surface area contributed by atoms with Crippen LogP contribution in [0.4, 0.5) is 11.4 Å². The molecule has 0 aliphatic carbocycles. The Labute approximate surface area is 213 Å². The molecule has 0 radical (unpaired) electrons. The molecule has 0 unspecified atom stereocenters. The number of carbonyl (C=O) groups is 3. The zero-order chi connectivity index (χ0) is 24.6. The van der Waals surface area contributed by atoms with Gasteiger partial charge in [-0.1, -0.05) is 46.4 Å². The maximum absolute atomic E-state index is 12.9. The molecular weight excluding hydrogens is 526 g/mol. The minimum atomic E-state index is -0.746. The van der Waals surface area contributed by atoms with Crippen LogP contribution in [0.25, 0.3) is 0 Å². The van der Waals surface area contributed by atoms with Crippen molar-refractivity contribution < 1.29 is 24.2 Å². The highest BCUT2D eigenvalue weighted by Gasteiger charge is 2.39. The number of ether oxygens (including phenoxy) is 1. The molecule has 2 amide bonds. The highest BCUT2D eigenvalue weighted by Crippen LogP contribution is 2.35. The Balaban J connectivity index is 1.49. The van der Waals surface area contributed by atoms with Gasteiger partial charge in [-0.2, -0.15) is 0 Å². The number of phenols is 1. The van der Waals surface area contributed by atoms with Crippen molar-refractivity contribution in [1.29, 1.82) is 0 Å². The number of amides is 2. The Morgan fingerprint density at radius 1 is 0.853 bits per heavy atom. The Hall–Kier alpha value is -3.23. The molecule has 2 N–H and O–H groups in total. The van der Waals surface area contributed by atoms with Gasteiger partial charge in [0.05, 0.1) is 21.3 Å². The molecule has 3 aromatic rings. The molecule has 0 bridgehead atoms. The maximum Gasteiger partial charge on any atom is 0.343 e. The third kappa shape index (κ3) is 4.69. The summed E-state index contributed by atoms with van der Waals surface area (Å²) in [6.07, 6.45) is 0. The predicted molar refractivity (Wildman–Crippen MR) is 130 cm³/mol. The Kier molecular flexibility index (Phi) is 6.72. The largest absolute Gasteiger partial charge is 0.506 e. The lowest BCUT2D eigenvalue weighted by Gasteiger charge is -2.16.